The van der Waals surface area contributed by atoms with Gasteiger partial charge in [-0.2, -0.15) is 0 Å². The van der Waals surface area contributed by atoms with Gasteiger partial charge < -0.3 is 10.6 Å². The molecule has 0 aromatic heterocycles. The van der Waals surface area contributed by atoms with Gasteiger partial charge >= 0.3 is 0 Å². The van der Waals surface area contributed by atoms with Crippen LogP contribution in [0, 0.1) is 5.92 Å². The zero-order chi connectivity index (χ0) is 15.2. The number of rotatable bonds is 2. The maximum absolute atomic E-state index is 12.4. The van der Waals surface area contributed by atoms with Gasteiger partial charge in [0.1, 0.15) is 0 Å². The minimum Gasteiger partial charge on any atom is -0.326 e. The highest BCUT2D eigenvalue weighted by atomic mass is 16.2. The molecule has 3 aliphatic rings. The predicted octanol–water partition coefficient (Wildman–Crippen LogP) is 3.58. The summed E-state index contributed by atoms with van der Waals surface area (Å²) >= 11 is 0. The molecule has 1 aromatic carbocycles. The Balaban J connectivity index is 1.60. The number of fused-ring (bicyclic) bond motifs is 2. The summed E-state index contributed by atoms with van der Waals surface area (Å²) in [5, 5.41) is 6.07. The second-order valence-corrected chi connectivity index (χ2v) is 6.97. The molecule has 1 aromatic rings. The van der Waals surface area contributed by atoms with Crippen LogP contribution in [-0.2, 0) is 15.0 Å². The number of carbonyl (C=O) groups is 2. The third-order valence-electron chi connectivity index (χ3n) is 5.67. The second kappa shape index (κ2) is 5.11. The first-order chi connectivity index (χ1) is 10.7. The summed E-state index contributed by atoms with van der Waals surface area (Å²) in [5.41, 5.74) is 2.49. The second-order valence-electron chi connectivity index (χ2n) is 6.97. The van der Waals surface area contributed by atoms with Crippen molar-refractivity contribution >= 4 is 23.2 Å². The fourth-order valence-electron chi connectivity index (χ4n) is 4.40. The first-order valence-corrected chi connectivity index (χ1v) is 8.46. The number of benzene rings is 1. The van der Waals surface area contributed by atoms with Crippen LogP contribution in [0.25, 0.3) is 0 Å². The van der Waals surface area contributed by atoms with Crippen LogP contribution in [0.5, 0.6) is 0 Å². The molecule has 1 heterocycles. The number of carbonyl (C=O) groups excluding carboxylic acids is 2. The monoisotopic (exact) mass is 298 g/mol. The van der Waals surface area contributed by atoms with Gasteiger partial charge in [0.25, 0.3) is 0 Å². The van der Waals surface area contributed by atoms with Crippen molar-refractivity contribution in [3.05, 3.63) is 23.8 Å². The average Bonchev–Trinajstić information content (AvgIpc) is 3.24. The Morgan fingerprint density at radius 3 is 2.59 bits per heavy atom. The van der Waals surface area contributed by atoms with Gasteiger partial charge in [0.2, 0.25) is 11.8 Å². The normalized spacial score (nSPS) is 22.8. The average molecular weight is 298 g/mol. The Hall–Kier alpha value is -1.84. The molecule has 2 fully saturated rings. The van der Waals surface area contributed by atoms with Crippen LogP contribution < -0.4 is 10.6 Å². The SMILES string of the molecule is O=C(Nc1ccc2c(c1)C1(CCCC1)C(=O)N2)C1CCCC1. The Kier molecular flexibility index (Phi) is 3.21. The van der Waals surface area contributed by atoms with Crippen LogP contribution in [0.1, 0.15) is 56.9 Å². The zero-order valence-electron chi connectivity index (χ0n) is 12.8. The highest BCUT2D eigenvalue weighted by molar-refractivity contribution is 6.07. The van der Waals surface area contributed by atoms with E-state index in [1.54, 1.807) is 0 Å². The molecule has 2 saturated carbocycles. The molecule has 4 rings (SSSR count). The van der Waals surface area contributed by atoms with E-state index in [0.717, 1.165) is 68.3 Å². The molecule has 4 heteroatoms. The quantitative estimate of drug-likeness (QED) is 0.876. The summed E-state index contributed by atoms with van der Waals surface area (Å²) in [4.78, 5) is 24.7. The summed E-state index contributed by atoms with van der Waals surface area (Å²) < 4.78 is 0. The third-order valence-corrected chi connectivity index (χ3v) is 5.67. The maximum atomic E-state index is 12.4. The van der Waals surface area contributed by atoms with Crippen molar-refractivity contribution in [2.24, 2.45) is 5.92 Å². The number of hydrogen-bond acceptors (Lipinski definition) is 2. The number of anilines is 2. The zero-order valence-corrected chi connectivity index (χ0v) is 12.8. The van der Waals surface area contributed by atoms with E-state index >= 15 is 0 Å². The van der Waals surface area contributed by atoms with Crippen LogP contribution in [-0.4, -0.2) is 11.8 Å². The predicted molar refractivity (Wildman–Crippen MR) is 85.8 cm³/mol. The number of hydrogen-bond donors (Lipinski definition) is 2. The first kappa shape index (κ1) is 13.8. The molecule has 1 aliphatic heterocycles. The first-order valence-electron chi connectivity index (χ1n) is 8.46. The minimum atomic E-state index is -0.344. The molecular formula is C18H22N2O2. The Morgan fingerprint density at radius 2 is 1.86 bits per heavy atom. The highest BCUT2D eigenvalue weighted by Crippen LogP contribution is 2.49. The van der Waals surface area contributed by atoms with Gasteiger partial charge in [-0.3, -0.25) is 9.59 Å². The van der Waals surface area contributed by atoms with Crippen molar-refractivity contribution < 1.29 is 9.59 Å². The van der Waals surface area contributed by atoms with Crippen molar-refractivity contribution in [2.45, 2.75) is 56.8 Å². The summed E-state index contributed by atoms with van der Waals surface area (Å²) in [7, 11) is 0. The van der Waals surface area contributed by atoms with Crippen LogP contribution in [0.2, 0.25) is 0 Å². The molecule has 0 atom stereocenters. The molecule has 22 heavy (non-hydrogen) atoms. The lowest BCUT2D eigenvalue weighted by Crippen LogP contribution is -2.31. The van der Waals surface area contributed by atoms with Crippen molar-refractivity contribution in [3.8, 4) is 0 Å². The Bertz CT molecular complexity index is 626. The van der Waals surface area contributed by atoms with Crippen molar-refractivity contribution in [1.82, 2.24) is 0 Å². The summed E-state index contributed by atoms with van der Waals surface area (Å²) in [5.74, 6) is 0.433. The van der Waals surface area contributed by atoms with Crippen LogP contribution in [0.3, 0.4) is 0 Å². The van der Waals surface area contributed by atoms with E-state index in [4.69, 9.17) is 0 Å². The molecule has 0 radical (unpaired) electrons. The van der Waals surface area contributed by atoms with Gasteiger partial charge in [-0.25, -0.2) is 0 Å². The van der Waals surface area contributed by atoms with Gasteiger partial charge in [0, 0.05) is 17.3 Å². The van der Waals surface area contributed by atoms with Crippen LogP contribution in [0.15, 0.2) is 18.2 Å². The lowest BCUT2D eigenvalue weighted by Gasteiger charge is -2.21. The lowest BCUT2D eigenvalue weighted by molar-refractivity contribution is -0.121. The Morgan fingerprint density at radius 1 is 1.14 bits per heavy atom. The van der Waals surface area contributed by atoms with E-state index in [1.807, 2.05) is 18.2 Å². The topological polar surface area (TPSA) is 58.2 Å². The molecule has 0 saturated heterocycles. The van der Waals surface area contributed by atoms with Crippen molar-refractivity contribution in [1.29, 1.82) is 0 Å². The minimum absolute atomic E-state index is 0.134. The van der Waals surface area contributed by atoms with E-state index in [2.05, 4.69) is 10.6 Å². The van der Waals surface area contributed by atoms with Gasteiger partial charge in [-0.15, -0.1) is 0 Å². The lowest BCUT2D eigenvalue weighted by atomic mass is 9.80. The summed E-state index contributed by atoms with van der Waals surface area (Å²) in [6.45, 7) is 0. The standard InChI is InChI=1S/C18H22N2O2/c21-16(12-5-1-2-6-12)19-13-7-8-15-14(11-13)18(17(22)20-15)9-3-4-10-18/h7-8,11-12H,1-6,9-10H2,(H,19,21)(H,20,22). The molecule has 4 nitrogen and oxygen atoms in total. The molecule has 1 spiro atoms. The molecule has 2 aliphatic carbocycles. The van der Waals surface area contributed by atoms with Gasteiger partial charge in [-0.05, 0) is 49.4 Å². The van der Waals surface area contributed by atoms with E-state index in [1.165, 1.54) is 0 Å². The fraction of sp³-hybridized carbons (Fsp3) is 0.556. The molecular weight excluding hydrogens is 276 g/mol. The highest BCUT2D eigenvalue weighted by Gasteiger charge is 2.48. The van der Waals surface area contributed by atoms with Gasteiger partial charge in [0.05, 0.1) is 5.41 Å². The van der Waals surface area contributed by atoms with Crippen LogP contribution in [0.4, 0.5) is 11.4 Å². The van der Waals surface area contributed by atoms with Crippen LogP contribution >= 0.6 is 0 Å². The van der Waals surface area contributed by atoms with Gasteiger partial charge in [-0.1, -0.05) is 25.7 Å². The van der Waals surface area contributed by atoms with Crippen molar-refractivity contribution in [2.75, 3.05) is 10.6 Å². The number of amides is 2. The molecule has 2 N–H and O–H groups in total. The fourth-order valence-corrected chi connectivity index (χ4v) is 4.40. The maximum Gasteiger partial charge on any atom is 0.235 e. The van der Waals surface area contributed by atoms with E-state index in [0.29, 0.717) is 0 Å². The van der Waals surface area contributed by atoms with Gasteiger partial charge in [0.15, 0.2) is 0 Å². The smallest absolute Gasteiger partial charge is 0.235 e. The molecule has 0 bridgehead atoms. The number of nitrogens with one attached hydrogen (secondary N) is 2. The molecule has 2 amide bonds. The molecule has 116 valence electrons. The largest absolute Gasteiger partial charge is 0.326 e. The third kappa shape index (κ3) is 2.04. The van der Waals surface area contributed by atoms with E-state index in [-0.39, 0.29) is 23.1 Å². The van der Waals surface area contributed by atoms with Crippen molar-refractivity contribution in [3.63, 3.8) is 0 Å². The molecule has 0 unspecified atom stereocenters. The van der Waals surface area contributed by atoms with E-state index < -0.39 is 0 Å². The van der Waals surface area contributed by atoms with E-state index in [9.17, 15) is 9.59 Å². The summed E-state index contributed by atoms with van der Waals surface area (Å²) in [6, 6.07) is 5.86. The Labute approximate surface area is 130 Å². The summed E-state index contributed by atoms with van der Waals surface area (Å²) in [6.07, 6.45) is 8.36.